The normalized spacial score (nSPS) is 18.1. The molecule has 0 radical (unpaired) electrons. The summed E-state index contributed by atoms with van der Waals surface area (Å²) in [6, 6.07) is -0.0436. The second kappa shape index (κ2) is 3.53. The number of aromatic amines is 1. The molecule has 0 saturated heterocycles. The molecular weight excluding hydrogens is 178 g/mol. The van der Waals surface area contributed by atoms with Gasteiger partial charge in [-0.05, 0) is 32.7 Å². The zero-order valence-corrected chi connectivity index (χ0v) is 8.50. The van der Waals surface area contributed by atoms with E-state index < -0.39 is 0 Å². The van der Waals surface area contributed by atoms with Gasteiger partial charge in [0.05, 0.1) is 11.7 Å². The number of nitrogens with one attached hydrogen (secondary N) is 2. The SMILES string of the molecule is CNC(C=O)C1Cc2nc(C)[nH]c2C1. The standard InChI is InChI=1S/C10H15N3O/c1-6-12-8-3-7(4-9(8)13-6)10(5-14)11-2/h5,7,10-11H,3-4H2,1-2H3,(H,12,13). The minimum absolute atomic E-state index is 0.0436. The Balaban J connectivity index is 2.11. The molecule has 0 amide bonds. The van der Waals surface area contributed by atoms with E-state index in [0.29, 0.717) is 5.92 Å². The summed E-state index contributed by atoms with van der Waals surface area (Å²) in [5.41, 5.74) is 2.34. The van der Waals surface area contributed by atoms with Gasteiger partial charge in [0.25, 0.3) is 0 Å². The van der Waals surface area contributed by atoms with Crippen LogP contribution < -0.4 is 5.32 Å². The van der Waals surface area contributed by atoms with Crippen molar-refractivity contribution in [2.24, 2.45) is 5.92 Å². The van der Waals surface area contributed by atoms with Gasteiger partial charge in [0.2, 0.25) is 0 Å². The van der Waals surface area contributed by atoms with Crippen LogP contribution in [0.3, 0.4) is 0 Å². The molecule has 4 nitrogen and oxygen atoms in total. The van der Waals surface area contributed by atoms with Crippen molar-refractivity contribution in [1.29, 1.82) is 0 Å². The van der Waals surface area contributed by atoms with Crippen molar-refractivity contribution >= 4 is 6.29 Å². The number of hydrogen-bond acceptors (Lipinski definition) is 3. The number of H-pyrrole nitrogens is 1. The largest absolute Gasteiger partial charge is 0.346 e. The van der Waals surface area contributed by atoms with E-state index in [0.717, 1.165) is 30.6 Å². The molecule has 4 heteroatoms. The third-order valence-electron chi connectivity index (χ3n) is 2.89. The minimum Gasteiger partial charge on any atom is -0.346 e. The van der Waals surface area contributed by atoms with Crippen LogP contribution in [0.2, 0.25) is 0 Å². The van der Waals surface area contributed by atoms with Gasteiger partial charge < -0.3 is 15.1 Å². The molecule has 0 aromatic carbocycles. The number of fused-ring (bicyclic) bond motifs is 1. The van der Waals surface area contributed by atoms with E-state index in [2.05, 4.69) is 15.3 Å². The first kappa shape index (κ1) is 9.40. The van der Waals surface area contributed by atoms with Gasteiger partial charge in [-0.3, -0.25) is 0 Å². The summed E-state index contributed by atoms with van der Waals surface area (Å²) in [4.78, 5) is 18.4. The van der Waals surface area contributed by atoms with Crippen LogP contribution in [0.1, 0.15) is 17.2 Å². The van der Waals surface area contributed by atoms with Crippen LogP contribution in [0.5, 0.6) is 0 Å². The highest BCUT2D eigenvalue weighted by atomic mass is 16.1. The average molecular weight is 193 g/mol. The van der Waals surface area contributed by atoms with Crippen LogP contribution in [0.15, 0.2) is 0 Å². The average Bonchev–Trinajstić information content (AvgIpc) is 2.63. The van der Waals surface area contributed by atoms with Crippen LogP contribution in [-0.2, 0) is 17.6 Å². The molecule has 1 aliphatic carbocycles. The lowest BCUT2D eigenvalue weighted by Crippen LogP contribution is -2.35. The summed E-state index contributed by atoms with van der Waals surface area (Å²) in [5.74, 6) is 1.34. The second-order valence-electron chi connectivity index (χ2n) is 3.87. The molecule has 1 aliphatic rings. The molecule has 1 aromatic rings. The van der Waals surface area contributed by atoms with Gasteiger partial charge in [0.15, 0.2) is 0 Å². The zero-order valence-electron chi connectivity index (χ0n) is 8.50. The topological polar surface area (TPSA) is 57.8 Å². The molecule has 0 fully saturated rings. The van der Waals surface area contributed by atoms with E-state index in [1.807, 2.05) is 14.0 Å². The van der Waals surface area contributed by atoms with E-state index in [-0.39, 0.29) is 6.04 Å². The Hall–Kier alpha value is -1.16. The molecule has 0 bridgehead atoms. The van der Waals surface area contributed by atoms with Crippen molar-refractivity contribution in [3.8, 4) is 0 Å². The maximum atomic E-state index is 10.8. The van der Waals surface area contributed by atoms with Gasteiger partial charge in [-0.1, -0.05) is 0 Å². The van der Waals surface area contributed by atoms with E-state index in [4.69, 9.17) is 0 Å². The van der Waals surface area contributed by atoms with Crippen LogP contribution in [0, 0.1) is 12.8 Å². The number of nitrogens with zero attached hydrogens (tertiary/aromatic N) is 1. The summed E-state index contributed by atoms with van der Waals surface area (Å²) in [5, 5.41) is 3.02. The number of carbonyl (C=O) groups excluding carboxylic acids is 1. The monoisotopic (exact) mass is 193 g/mol. The van der Waals surface area contributed by atoms with Gasteiger partial charge in [-0.15, -0.1) is 0 Å². The third kappa shape index (κ3) is 1.46. The maximum absolute atomic E-state index is 10.8. The van der Waals surface area contributed by atoms with Crippen molar-refractivity contribution in [1.82, 2.24) is 15.3 Å². The number of rotatable bonds is 3. The predicted molar refractivity (Wildman–Crippen MR) is 53.1 cm³/mol. The molecular formula is C10H15N3O. The van der Waals surface area contributed by atoms with E-state index >= 15 is 0 Å². The van der Waals surface area contributed by atoms with Crippen molar-refractivity contribution in [3.05, 3.63) is 17.2 Å². The highest BCUT2D eigenvalue weighted by Crippen LogP contribution is 2.26. The van der Waals surface area contributed by atoms with Gasteiger partial charge in [0.1, 0.15) is 12.1 Å². The molecule has 76 valence electrons. The first-order valence-electron chi connectivity index (χ1n) is 4.91. The number of hydrogen-bond donors (Lipinski definition) is 2. The van der Waals surface area contributed by atoms with E-state index in [9.17, 15) is 4.79 Å². The third-order valence-corrected chi connectivity index (χ3v) is 2.89. The van der Waals surface area contributed by atoms with Crippen molar-refractivity contribution in [2.75, 3.05) is 7.05 Å². The fourth-order valence-corrected chi connectivity index (χ4v) is 2.18. The smallest absolute Gasteiger partial charge is 0.137 e. The highest BCUT2D eigenvalue weighted by molar-refractivity contribution is 5.58. The first-order valence-corrected chi connectivity index (χ1v) is 4.91. The summed E-state index contributed by atoms with van der Waals surface area (Å²) in [6.07, 6.45) is 2.83. The van der Waals surface area contributed by atoms with Gasteiger partial charge in [-0.25, -0.2) is 4.98 Å². The molecule has 0 aliphatic heterocycles. The molecule has 1 aromatic heterocycles. The number of aryl methyl sites for hydroxylation is 1. The fraction of sp³-hybridized carbons (Fsp3) is 0.600. The van der Waals surface area contributed by atoms with Crippen LogP contribution >= 0.6 is 0 Å². The van der Waals surface area contributed by atoms with E-state index in [1.165, 1.54) is 5.69 Å². The van der Waals surface area contributed by atoms with Crippen molar-refractivity contribution < 1.29 is 4.79 Å². The van der Waals surface area contributed by atoms with Crippen LogP contribution in [0.25, 0.3) is 0 Å². The first-order chi connectivity index (χ1) is 6.74. The quantitative estimate of drug-likeness (QED) is 0.675. The number of carbonyl (C=O) groups is 1. The Morgan fingerprint density at radius 3 is 3.00 bits per heavy atom. The van der Waals surface area contributed by atoms with Crippen molar-refractivity contribution in [2.45, 2.75) is 25.8 Å². The Bertz CT molecular complexity index is 322. The van der Waals surface area contributed by atoms with Crippen LogP contribution in [-0.4, -0.2) is 29.3 Å². The summed E-state index contributed by atoms with van der Waals surface area (Å²) < 4.78 is 0. The summed E-state index contributed by atoms with van der Waals surface area (Å²) >= 11 is 0. The Kier molecular flexibility index (Phi) is 2.37. The lowest BCUT2D eigenvalue weighted by atomic mass is 9.98. The lowest BCUT2D eigenvalue weighted by molar-refractivity contribution is -0.110. The van der Waals surface area contributed by atoms with Gasteiger partial charge in [-0.2, -0.15) is 0 Å². The van der Waals surface area contributed by atoms with Gasteiger partial charge in [0, 0.05) is 5.69 Å². The predicted octanol–water partition coefficient (Wildman–Crippen LogP) is 0.220. The number of likely N-dealkylation sites (N-methyl/N-ethyl adjacent to an activating group) is 1. The Morgan fingerprint density at radius 2 is 2.43 bits per heavy atom. The number of aromatic nitrogens is 2. The molecule has 2 rings (SSSR count). The zero-order chi connectivity index (χ0) is 10.1. The molecule has 2 N–H and O–H groups in total. The lowest BCUT2D eigenvalue weighted by Gasteiger charge is -2.15. The molecule has 1 heterocycles. The number of aldehydes is 1. The van der Waals surface area contributed by atoms with Crippen LogP contribution in [0.4, 0.5) is 0 Å². The summed E-state index contributed by atoms with van der Waals surface area (Å²) in [7, 11) is 1.82. The summed E-state index contributed by atoms with van der Waals surface area (Å²) in [6.45, 7) is 1.96. The van der Waals surface area contributed by atoms with E-state index in [1.54, 1.807) is 0 Å². The molecule has 0 saturated carbocycles. The molecule has 2 unspecified atom stereocenters. The maximum Gasteiger partial charge on any atom is 0.137 e. The second-order valence-corrected chi connectivity index (χ2v) is 3.87. The molecule has 0 spiro atoms. The number of imidazole rings is 1. The molecule has 14 heavy (non-hydrogen) atoms. The molecule has 2 atom stereocenters. The minimum atomic E-state index is -0.0436. The Labute approximate surface area is 83.1 Å². The Morgan fingerprint density at radius 1 is 1.64 bits per heavy atom. The fourth-order valence-electron chi connectivity index (χ4n) is 2.18. The van der Waals surface area contributed by atoms with Crippen molar-refractivity contribution in [3.63, 3.8) is 0 Å². The highest BCUT2D eigenvalue weighted by Gasteiger charge is 2.29. The van der Waals surface area contributed by atoms with Gasteiger partial charge >= 0.3 is 0 Å².